The van der Waals surface area contributed by atoms with E-state index in [2.05, 4.69) is 11.2 Å². The molecule has 0 aromatic heterocycles. The molecule has 1 rings (SSSR count). The molecule has 0 aromatic rings. The van der Waals surface area contributed by atoms with Crippen molar-refractivity contribution in [2.24, 2.45) is 0 Å². The van der Waals surface area contributed by atoms with E-state index < -0.39 is 0 Å². The van der Waals surface area contributed by atoms with Crippen LogP contribution in [0.2, 0.25) is 0 Å². The summed E-state index contributed by atoms with van der Waals surface area (Å²) in [5, 5.41) is 3.27. The van der Waals surface area contributed by atoms with E-state index in [-0.39, 0.29) is 11.3 Å². The maximum Gasteiger partial charge on any atom is 0.207 e. The summed E-state index contributed by atoms with van der Waals surface area (Å²) in [5.74, 6) is 2.12. The van der Waals surface area contributed by atoms with Crippen molar-refractivity contribution >= 4 is 5.78 Å². The average Bonchev–Trinajstić information content (AvgIpc) is 2.19. The number of carbonyl (C=O) groups is 1. The molecule has 0 aromatic carbocycles. The minimum absolute atomic E-state index is 0.00169. The summed E-state index contributed by atoms with van der Waals surface area (Å²) < 4.78 is 0. The van der Waals surface area contributed by atoms with E-state index in [1.165, 1.54) is 19.3 Å². The lowest BCUT2D eigenvalue weighted by Crippen LogP contribution is -2.46. The second kappa shape index (κ2) is 4.43. The van der Waals surface area contributed by atoms with Gasteiger partial charge in [0.1, 0.15) is 0 Å². The Bertz CT molecular complexity index is 221. The molecular weight excluding hydrogens is 162 g/mol. The van der Waals surface area contributed by atoms with Crippen molar-refractivity contribution in [1.29, 1.82) is 0 Å². The van der Waals surface area contributed by atoms with Crippen LogP contribution in [0.1, 0.15) is 38.5 Å². The van der Waals surface area contributed by atoms with Gasteiger partial charge in [0.25, 0.3) is 0 Å². The van der Waals surface area contributed by atoms with Crippen LogP contribution in [0.25, 0.3) is 0 Å². The van der Waals surface area contributed by atoms with Crippen molar-refractivity contribution < 1.29 is 4.79 Å². The molecule has 0 heterocycles. The van der Waals surface area contributed by atoms with Crippen LogP contribution in [0.4, 0.5) is 0 Å². The largest absolute Gasteiger partial charge is 0.314 e. The zero-order valence-corrected chi connectivity index (χ0v) is 8.23. The van der Waals surface area contributed by atoms with Crippen molar-refractivity contribution in [1.82, 2.24) is 5.32 Å². The topological polar surface area (TPSA) is 29.1 Å². The van der Waals surface area contributed by atoms with E-state index in [0.717, 1.165) is 12.8 Å². The fourth-order valence-corrected chi connectivity index (χ4v) is 2.10. The minimum atomic E-state index is -0.0729. The van der Waals surface area contributed by atoms with Gasteiger partial charge in [-0.25, -0.2) is 0 Å². The van der Waals surface area contributed by atoms with Gasteiger partial charge in [-0.1, -0.05) is 19.3 Å². The summed E-state index contributed by atoms with van der Waals surface area (Å²) in [7, 11) is 1.93. The highest BCUT2D eigenvalue weighted by atomic mass is 16.1. The van der Waals surface area contributed by atoms with Gasteiger partial charge in [0.15, 0.2) is 0 Å². The molecule has 0 saturated heterocycles. The Morgan fingerprint density at radius 2 is 2.08 bits per heavy atom. The zero-order chi connectivity index (χ0) is 9.73. The Labute approximate surface area is 80.1 Å². The molecule has 13 heavy (non-hydrogen) atoms. The maximum atomic E-state index is 11.2. The molecule has 1 fully saturated rings. The molecule has 0 amide bonds. The van der Waals surface area contributed by atoms with Crippen LogP contribution >= 0.6 is 0 Å². The molecular formula is C11H17NO. The molecule has 1 aliphatic rings. The van der Waals surface area contributed by atoms with Crippen LogP contribution in [0, 0.1) is 12.3 Å². The Morgan fingerprint density at radius 3 is 2.54 bits per heavy atom. The lowest BCUT2D eigenvalue weighted by Gasteiger charge is -2.36. The highest BCUT2D eigenvalue weighted by molar-refractivity contribution is 5.95. The summed E-state index contributed by atoms with van der Waals surface area (Å²) in [6.45, 7) is 0. The van der Waals surface area contributed by atoms with Crippen molar-refractivity contribution in [3.63, 3.8) is 0 Å². The van der Waals surface area contributed by atoms with E-state index in [4.69, 9.17) is 6.42 Å². The number of ketones is 1. The first-order valence-corrected chi connectivity index (χ1v) is 4.91. The van der Waals surface area contributed by atoms with E-state index in [0.29, 0.717) is 6.42 Å². The molecule has 0 radical (unpaired) electrons. The number of Topliss-reactive ketones (excluding diaryl/α,β-unsaturated/α-hetero) is 1. The predicted molar refractivity (Wildman–Crippen MR) is 53.3 cm³/mol. The summed E-state index contributed by atoms with van der Waals surface area (Å²) in [6.07, 6.45) is 11.4. The second-order valence-electron chi connectivity index (χ2n) is 3.84. The van der Waals surface area contributed by atoms with Crippen LogP contribution < -0.4 is 5.32 Å². The van der Waals surface area contributed by atoms with Crippen LogP contribution in [-0.4, -0.2) is 18.4 Å². The number of hydrogen-bond donors (Lipinski definition) is 1. The molecule has 72 valence electrons. The zero-order valence-electron chi connectivity index (χ0n) is 8.23. The van der Waals surface area contributed by atoms with E-state index in [1.807, 2.05) is 7.05 Å². The van der Waals surface area contributed by atoms with Gasteiger partial charge in [0, 0.05) is 12.0 Å². The molecule has 2 nitrogen and oxygen atoms in total. The molecule has 0 spiro atoms. The number of nitrogens with one attached hydrogen (secondary N) is 1. The highest BCUT2D eigenvalue weighted by Crippen LogP contribution is 2.30. The maximum absolute atomic E-state index is 11.2. The smallest absolute Gasteiger partial charge is 0.207 e. The number of rotatable bonds is 3. The Balaban J connectivity index is 2.58. The van der Waals surface area contributed by atoms with Crippen LogP contribution in [0.3, 0.4) is 0 Å². The molecule has 1 saturated carbocycles. The van der Waals surface area contributed by atoms with Crippen LogP contribution in [0.15, 0.2) is 0 Å². The summed E-state index contributed by atoms with van der Waals surface area (Å²) in [4.78, 5) is 11.2. The van der Waals surface area contributed by atoms with Gasteiger partial charge < -0.3 is 5.32 Å². The van der Waals surface area contributed by atoms with Gasteiger partial charge in [0.2, 0.25) is 5.78 Å². The van der Waals surface area contributed by atoms with Crippen LogP contribution in [-0.2, 0) is 4.79 Å². The molecule has 0 atom stereocenters. The van der Waals surface area contributed by atoms with E-state index >= 15 is 0 Å². The summed E-state index contributed by atoms with van der Waals surface area (Å²) in [6, 6.07) is 0. The standard InChI is InChI=1S/C11H17NO/c1-3-10(13)9-11(12-2)7-5-4-6-8-11/h1,12H,4-9H2,2H3. The first-order chi connectivity index (χ1) is 6.22. The predicted octanol–water partition coefficient (Wildman–Crippen LogP) is 1.50. The van der Waals surface area contributed by atoms with Crippen molar-refractivity contribution in [2.45, 2.75) is 44.1 Å². The lowest BCUT2D eigenvalue weighted by molar-refractivity contribution is -0.115. The lowest BCUT2D eigenvalue weighted by atomic mass is 9.78. The first kappa shape index (κ1) is 10.3. The number of hydrogen-bond acceptors (Lipinski definition) is 2. The Kier molecular flexibility index (Phi) is 3.50. The molecule has 2 heteroatoms. The van der Waals surface area contributed by atoms with Gasteiger partial charge in [-0.2, -0.15) is 0 Å². The third kappa shape index (κ3) is 2.57. The molecule has 1 aliphatic carbocycles. The van der Waals surface area contributed by atoms with Crippen molar-refractivity contribution in [3.05, 3.63) is 0 Å². The molecule has 0 bridgehead atoms. The molecule has 1 N–H and O–H groups in total. The van der Waals surface area contributed by atoms with Gasteiger partial charge in [0.05, 0.1) is 0 Å². The van der Waals surface area contributed by atoms with Gasteiger partial charge in [-0.05, 0) is 25.8 Å². The minimum Gasteiger partial charge on any atom is -0.314 e. The average molecular weight is 179 g/mol. The Morgan fingerprint density at radius 1 is 1.46 bits per heavy atom. The normalized spacial score (nSPS) is 20.6. The highest BCUT2D eigenvalue weighted by Gasteiger charge is 2.31. The van der Waals surface area contributed by atoms with Crippen molar-refractivity contribution in [2.75, 3.05) is 7.05 Å². The molecule has 0 aliphatic heterocycles. The number of carbonyl (C=O) groups excluding carboxylic acids is 1. The quantitative estimate of drug-likeness (QED) is 0.525. The van der Waals surface area contributed by atoms with Gasteiger partial charge in [-0.3, -0.25) is 4.79 Å². The monoisotopic (exact) mass is 179 g/mol. The summed E-state index contributed by atoms with van der Waals surface area (Å²) >= 11 is 0. The third-order valence-corrected chi connectivity index (χ3v) is 3.00. The second-order valence-corrected chi connectivity index (χ2v) is 3.84. The third-order valence-electron chi connectivity index (χ3n) is 3.00. The summed E-state index contributed by atoms with van der Waals surface area (Å²) in [5.41, 5.74) is 0.00169. The van der Waals surface area contributed by atoms with Crippen molar-refractivity contribution in [3.8, 4) is 12.3 Å². The van der Waals surface area contributed by atoms with Gasteiger partial charge in [-0.15, -0.1) is 6.42 Å². The number of terminal acetylenes is 1. The van der Waals surface area contributed by atoms with Crippen LogP contribution in [0.5, 0.6) is 0 Å². The first-order valence-electron chi connectivity index (χ1n) is 4.91. The Hall–Kier alpha value is -0.810. The SMILES string of the molecule is C#CC(=O)CC1(NC)CCCCC1. The van der Waals surface area contributed by atoms with Gasteiger partial charge >= 0.3 is 0 Å². The van der Waals surface area contributed by atoms with E-state index in [9.17, 15) is 4.79 Å². The molecule has 0 unspecified atom stereocenters. The fourth-order valence-electron chi connectivity index (χ4n) is 2.10. The van der Waals surface area contributed by atoms with E-state index in [1.54, 1.807) is 0 Å². The fraction of sp³-hybridized carbons (Fsp3) is 0.727.